The molecule has 0 unspecified atom stereocenters. The van der Waals surface area contributed by atoms with Crippen LogP contribution >= 0.6 is 11.6 Å². The number of hydrogen-bond donors (Lipinski definition) is 0. The van der Waals surface area contributed by atoms with Crippen molar-refractivity contribution in [2.75, 3.05) is 7.11 Å². The smallest absolute Gasteiger partial charge is 0.368 e. The third kappa shape index (κ3) is 2.87. The minimum Gasteiger partial charge on any atom is -0.497 e. The lowest BCUT2D eigenvalue weighted by Gasteiger charge is -2.02. The Bertz CT molecular complexity index is 761. The summed E-state index contributed by atoms with van der Waals surface area (Å²) in [6, 6.07) is 14.4. The van der Waals surface area contributed by atoms with Crippen molar-refractivity contribution in [1.29, 1.82) is 0 Å². The van der Waals surface area contributed by atoms with Gasteiger partial charge in [-0.1, -0.05) is 41.0 Å². The number of halogens is 1. The van der Waals surface area contributed by atoms with Crippen molar-refractivity contribution in [2.24, 2.45) is 5.16 Å². The number of carbonyl (C=O) groups excluding carboxylic acids is 1. The van der Waals surface area contributed by atoms with Gasteiger partial charge in [0.15, 0.2) is 0 Å². The molecular formula is C17H12ClNO3. The first-order valence-electron chi connectivity index (χ1n) is 6.59. The largest absolute Gasteiger partial charge is 0.497 e. The van der Waals surface area contributed by atoms with Gasteiger partial charge in [-0.3, -0.25) is 0 Å². The molecule has 0 spiro atoms. The van der Waals surface area contributed by atoms with Gasteiger partial charge in [0.2, 0.25) is 0 Å². The number of carbonyl (C=O) groups is 1. The van der Waals surface area contributed by atoms with E-state index < -0.39 is 5.97 Å². The summed E-state index contributed by atoms with van der Waals surface area (Å²) in [5.41, 5.74) is 2.54. The van der Waals surface area contributed by atoms with E-state index in [2.05, 4.69) is 5.16 Å². The molecule has 2 aromatic rings. The molecule has 0 aliphatic carbocycles. The lowest BCUT2D eigenvalue weighted by molar-refractivity contribution is -0.136. The fraction of sp³-hybridized carbons (Fsp3) is 0.0588. The van der Waals surface area contributed by atoms with Gasteiger partial charge in [0.1, 0.15) is 11.5 Å². The highest BCUT2D eigenvalue weighted by atomic mass is 35.5. The van der Waals surface area contributed by atoms with E-state index in [-0.39, 0.29) is 0 Å². The number of rotatable bonds is 3. The molecule has 0 bridgehead atoms. The Morgan fingerprint density at radius 1 is 1.09 bits per heavy atom. The Balaban J connectivity index is 1.95. The topological polar surface area (TPSA) is 47.9 Å². The van der Waals surface area contributed by atoms with Crippen molar-refractivity contribution in [1.82, 2.24) is 0 Å². The summed E-state index contributed by atoms with van der Waals surface area (Å²) in [4.78, 5) is 16.7. The number of oxime groups is 1. The number of hydrogen-bond acceptors (Lipinski definition) is 4. The number of ether oxygens (including phenoxy) is 1. The van der Waals surface area contributed by atoms with Crippen molar-refractivity contribution >= 4 is 29.4 Å². The highest BCUT2D eigenvalue weighted by Gasteiger charge is 2.26. The van der Waals surface area contributed by atoms with Gasteiger partial charge in [-0.05, 0) is 35.9 Å². The van der Waals surface area contributed by atoms with Crippen molar-refractivity contribution in [2.45, 2.75) is 0 Å². The Kier molecular flexibility index (Phi) is 3.94. The molecule has 3 rings (SSSR count). The van der Waals surface area contributed by atoms with Crippen LogP contribution in [0.15, 0.2) is 59.3 Å². The molecule has 110 valence electrons. The van der Waals surface area contributed by atoms with E-state index in [0.717, 1.165) is 16.9 Å². The molecule has 22 heavy (non-hydrogen) atoms. The summed E-state index contributed by atoms with van der Waals surface area (Å²) in [6.45, 7) is 0. The minimum absolute atomic E-state index is 0.410. The molecule has 0 amide bonds. The summed E-state index contributed by atoms with van der Waals surface area (Å²) in [7, 11) is 1.60. The SMILES string of the molecule is COc1ccc(/C=C2\C(=O)ON=C2c2ccc(Cl)cc2)cc1. The Morgan fingerprint density at radius 3 is 2.41 bits per heavy atom. The van der Waals surface area contributed by atoms with Gasteiger partial charge in [-0.25, -0.2) is 4.79 Å². The van der Waals surface area contributed by atoms with Crippen LogP contribution in [0, 0.1) is 0 Å². The van der Waals surface area contributed by atoms with E-state index in [1.807, 2.05) is 24.3 Å². The Morgan fingerprint density at radius 2 is 1.77 bits per heavy atom. The predicted octanol–water partition coefficient (Wildman–Crippen LogP) is 3.69. The lowest BCUT2D eigenvalue weighted by Crippen LogP contribution is -2.06. The summed E-state index contributed by atoms with van der Waals surface area (Å²) >= 11 is 5.88. The fourth-order valence-electron chi connectivity index (χ4n) is 2.09. The number of benzene rings is 2. The normalized spacial score (nSPS) is 15.6. The Labute approximate surface area is 132 Å². The second-order valence-electron chi connectivity index (χ2n) is 4.66. The van der Waals surface area contributed by atoms with Gasteiger partial charge in [0, 0.05) is 10.6 Å². The Hall–Kier alpha value is -2.59. The molecule has 0 saturated carbocycles. The van der Waals surface area contributed by atoms with Crippen LogP contribution in [0.5, 0.6) is 5.75 Å². The molecule has 2 aromatic carbocycles. The number of nitrogens with zero attached hydrogens (tertiary/aromatic N) is 1. The fourth-order valence-corrected chi connectivity index (χ4v) is 2.22. The van der Waals surface area contributed by atoms with E-state index in [1.165, 1.54) is 0 Å². The molecule has 0 aromatic heterocycles. The first-order chi connectivity index (χ1) is 10.7. The highest BCUT2D eigenvalue weighted by Crippen LogP contribution is 2.22. The zero-order chi connectivity index (χ0) is 15.5. The van der Waals surface area contributed by atoms with Gasteiger partial charge in [-0.2, -0.15) is 0 Å². The van der Waals surface area contributed by atoms with Crippen molar-refractivity contribution in [3.8, 4) is 5.75 Å². The summed E-state index contributed by atoms with van der Waals surface area (Å²) in [5.74, 6) is 0.281. The third-order valence-electron chi connectivity index (χ3n) is 3.24. The minimum atomic E-state index is -0.472. The quantitative estimate of drug-likeness (QED) is 0.641. The second-order valence-corrected chi connectivity index (χ2v) is 5.09. The molecule has 1 aliphatic heterocycles. The first kappa shape index (κ1) is 14.4. The lowest BCUT2D eigenvalue weighted by atomic mass is 10.0. The van der Waals surface area contributed by atoms with Crippen LogP contribution < -0.4 is 4.74 Å². The highest BCUT2D eigenvalue weighted by molar-refractivity contribution is 6.32. The average molecular weight is 314 g/mol. The van der Waals surface area contributed by atoms with Crippen LogP contribution in [0.3, 0.4) is 0 Å². The molecule has 0 fully saturated rings. The van der Waals surface area contributed by atoms with E-state index >= 15 is 0 Å². The third-order valence-corrected chi connectivity index (χ3v) is 3.49. The van der Waals surface area contributed by atoms with Gasteiger partial charge in [-0.15, -0.1) is 0 Å². The molecule has 4 nitrogen and oxygen atoms in total. The van der Waals surface area contributed by atoms with Crippen LogP contribution in [0.2, 0.25) is 5.02 Å². The van der Waals surface area contributed by atoms with Crippen LogP contribution in [0.25, 0.3) is 6.08 Å². The maximum absolute atomic E-state index is 11.9. The zero-order valence-electron chi connectivity index (χ0n) is 11.7. The van der Waals surface area contributed by atoms with Gasteiger partial charge >= 0.3 is 5.97 Å². The second kappa shape index (κ2) is 6.03. The van der Waals surface area contributed by atoms with Gasteiger partial charge in [0.25, 0.3) is 0 Å². The average Bonchev–Trinajstić information content (AvgIpc) is 2.90. The summed E-state index contributed by atoms with van der Waals surface area (Å²) in [6.07, 6.45) is 1.74. The molecule has 1 heterocycles. The first-order valence-corrected chi connectivity index (χ1v) is 6.96. The van der Waals surface area contributed by atoms with E-state index in [4.69, 9.17) is 21.2 Å². The molecule has 0 saturated heterocycles. The van der Waals surface area contributed by atoms with Crippen molar-refractivity contribution < 1.29 is 14.4 Å². The van der Waals surface area contributed by atoms with Crippen LogP contribution in [0.4, 0.5) is 0 Å². The number of methoxy groups -OCH3 is 1. The van der Waals surface area contributed by atoms with Crippen LogP contribution in [-0.4, -0.2) is 18.8 Å². The molecule has 0 radical (unpaired) electrons. The van der Waals surface area contributed by atoms with E-state index in [0.29, 0.717) is 16.3 Å². The molecular weight excluding hydrogens is 302 g/mol. The molecule has 0 atom stereocenters. The monoisotopic (exact) mass is 313 g/mol. The zero-order valence-corrected chi connectivity index (χ0v) is 12.5. The predicted molar refractivity (Wildman–Crippen MR) is 85.1 cm³/mol. The van der Waals surface area contributed by atoms with Crippen molar-refractivity contribution in [3.05, 3.63) is 70.3 Å². The van der Waals surface area contributed by atoms with Crippen molar-refractivity contribution in [3.63, 3.8) is 0 Å². The van der Waals surface area contributed by atoms with Crippen LogP contribution in [-0.2, 0) is 9.63 Å². The van der Waals surface area contributed by atoms with E-state index in [9.17, 15) is 4.79 Å². The maximum atomic E-state index is 11.9. The molecule has 0 N–H and O–H groups in total. The summed E-state index contributed by atoms with van der Waals surface area (Å²) < 4.78 is 5.11. The maximum Gasteiger partial charge on any atom is 0.368 e. The van der Waals surface area contributed by atoms with E-state index in [1.54, 1.807) is 37.5 Å². The standard InChI is InChI=1S/C17H12ClNO3/c1-21-14-8-2-11(3-9-14)10-15-16(19-22-17(15)20)12-4-6-13(18)7-5-12/h2-10H,1H3/b15-10-. The van der Waals surface area contributed by atoms with Gasteiger partial charge in [0.05, 0.1) is 12.7 Å². The summed E-state index contributed by atoms with van der Waals surface area (Å²) in [5, 5.41) is 4.48. The molecule has 1 aliphatic rings. The van der Waals surface area contributed by atoms with Crippen LogP contribution in [0.1, 0.15) is 11.1 Å². The van der Waals surface area contributed by atoms with Gasteiger partial charge < -0.3 is 9.57 Å². The molecule has 5 heteroatoms.